The maximum atomic E-state index is 12.7. The van der Waals surface area contributed by atoms with Crippen LogP contribution in [-0.4, -0.2) is 15.7 Å². The molecule has 0 bridgehead atoms. The fraction of sp³-hybridized carbons (Fsp3) is 0.200. The average molecular weight is 384 g/mol. The molecule has 6 heteroatoms. The lowest BCUT2D eigenvalue weighted by Crippen LogP contribution is -2.24. The smallest absolute Gasteiger partial charge is 0.272 e. The van der Waals surface area contributed by atoms with Crippen LogP contribution in [0.4, 0.5) is 0 Å². The van der Waals surface area contributed by atoms with Crippen molar-refractivity contribution in [2.45, 2.75) is 24.1 Å². The summed E-state index contributed by atoms with van der Waals surface area (Å²) >= 11 is 7.76. The highest BCUT2D eigenvalue weighted by Crippen LogP contribution is 2.42. The third kappa shape index (κ3) is 3.13. The number of carbonyl (C=O) groups excluding carboxylic acids is 1. The van der Waals surface area contributed by atoms with Crippen molar-refractivity contribution in [1.29, 1.82) is 0 Å². The first-order valence-electron chi connectivity index (χ1n) is 8.35. The third-order valence-electron chi connectivity index (χ3n) is 4.46. The SMILES string of the molecule is Cc1ccc2c(c1)-c1c(c(C(=O)NCc3cccc(Cl)c3)nn1C)CS2. The van der Waals surface area contributed by atoms with Crippen LogP contribution in [-0.2, 0) is 19.3 Å². The fourth-order valence-electron chi connectivity index (χ4n) is 3.24. The molecular formula is C20H18ClN3OS. The number of nitrogens with one attached hydrogen (secondary N) is 1. The Labute approximate surface area is 161 Å². The molecule has 0 saturated heterocycles. The van der Waals surface area contributed by atoms with Crippen molar-refractivity contribution in [3.8, 4) is 11.3 Å². The molecule has 4 nitrogen and oxygen atoms in total. The van der Waals surface area contributed by atoms with Crippen LogP contribution in [0.15, 0.2) is 47.4 Å². The van der Waals surface area contributed by atoms with Crippen LogP contribution in [0.25, 0.3) is 11.3 Å². The number of aromatic nitrogens is 2. The van der Waals surface area contributed by atoms with Crippen LogP contribution in [0.1, 0.15) is 27.2 Å². The minimum absolute atomic E-state index is 0.154. The lowest BCUT2D eigenvalue weighted by atomic mass is 10.0. The zero-order valence-corrected chi connectivity index (χ0v) is 16.1. The van der Waals surface area contributed by atoms with Crippen LogP contribution in [0.3, 0.4) is 0 Å². The molecule has 1 N–H and O–H groups in total. The summed E-state index contributed by atoms with van der Waals surface area (Å²) in [6, 6.07) is 13.9. The van der Waals surface area contributed by atoms with E-state index in [9.17, 15) is 4.79 Å². The number of carbonyl (C=O) groups is 1. The molecule has 1 aliphatic rings. The number of benzene rings is 2. The van der Waals surface area contributed by atoms with Crippen LogP contribution in [0.5, 0.6) is 0 Å². The number of rotatable bonds is 3. The molecule has 1 aromatic heterocycles. The predicted molar refractivity (Wildman–Crippen MR) is 106 cm³/mol. The summed E-state index contributed by atoms with van der Waals surface area (Å²) in [4.78, 5) is 14.0. The molecule has 2 heterocycles. The van der Waals surface area contributed by atoms with Gasteiger partial charge in [-0.1, -0.05) is 35.4 Å². The predicted octanol–water partition coefficient (Wildman–Crippen LogP) is 4.58. The molecule has 0 unspecified atom stereocenters. The van der Waals surface area contributed by atoms with E-state index in [-0.39, 0.29) is 5.91 Å². The molecule has 0 spiro atoms. The molecule has 132 valence electrons. The highest BCUT2D eigenvalue weighted by atomic mass is 35.5. The van der Waals surface area contributed by atoms with E-state index < -0.39 is 0 Å². The van der Waals surface area contributed by atoms with Gasteiger partial charge in [0.05, 0.1) is 5.69 Å². The van der Waals surface area contributed by atoms with Gasteiger partial charge in [-0.2, -0.15) is 5.10 Å². The van der Waals surface area contributed by atoms with Crippen molar-refractivity contribution in [3.63, 3.8) is 0 Å². The summed E-state index contributed by atoms with van der Waals surface area (Å²) in [6.07, 6.45) is 0. The minimum atomic E-state index is -0.154. The van der Waals surface area contributed by atoms with E-state index in [1.165, 1.54) is 10.5 Å². The Hall–Kier alpha value is -2.24. The third-order valence-corrected chi connectivity index (χ3v) is 5.80. The van der Waals surface area contributed by atoms with Crippen molar-refractivity contribution < 1.29 is 4.79 Å². The fourth-order valence-corrected chi connectivity index (χ4v) is 4.50. The highest BCUT2D eigenvalue weighted by molar-refractivity contribution is 7.98. The van der Waals surface area contributed by atoms with Gasteiger partial charge in [-0.05, 0) is 36.8 Å². The molecule has 1 amide bonds. The van der Waals surface area contributed by atoms with Crippen LogP contribution < -0.4 is 5.32 Å². The van der Waals surface area contributed by atoms with Gasteiger partial charge in [0.1, 0.15) is 0 Å². The molecular weight excluding hydrogens is 366 g/mol. The van der Waals surface area contributed by atoms with Gasteiger partial charge in [-0.25, -0.2) is 0 Å². The largest absolute Gasteiger partial charge is 0.347 e. The number of fused-ring (bicyclic) bond motifs is 3. The van der Waals surface area contributed by atoms with Gasteiger partial charge in [0.2, 0.25) is 0 Å². The summed E-state index contributed by atoms with van der Waals surface area (Å²) in [5.41, 5.74) is 5.86. The molecule has 0 atom stereocenters. The zero-order chi connectivity index (χ0) is 18.3. The normalized spacial score (nSPS) is 12.4. The number of amides is 1. The maximum absolute atomic E-state index is 12.7. The van der Waals surface area contributed by atoms with E-state index >= 15 is 0 Å². The monoisotopic (exact) mass is 383 g/mol. The van der Waals surface area contributed by atoms with Crippen LogP contribution in [0, 0.1) is 6.92 Å². The molecule has 26 heavy (non-hydrogen) atoms. The quantitative estimate of drug-likeness (QED) is 0.719. The maximum Gasteiger partial charge on any atom is 0.272 e. The standard InChI is InChI=1S/C20H18ClN3OS/c1-12-6-7-17-15(8-12)19-16(11-26-17)18(23-24(19)2)20(25)22-10-13-4-3-5-14(21)9-13/h3-9H,10-11H2,1-2H3,(H,22,25). The molecule has 0 aliphatic carbocycles. The Balaban J connectivity index is 1.63. The van der Waals surface area contributed by atoms with Crippen molar-refractivity contribution in [3.05, 3.63) is 69.9 Å². The van der Waals surface area contributed by atoms with E-state index in [0.717, 1.165) is 28.1 Å². The second kappa shape index (κ2) is 6.82. The number of halogens is 1. The van der Waals surface area contributed by atoms with Gasteiger partial charge in [0.25, 0.3) is 5.91 Å². The Bertz CT molecular complexity index is 1010. The Morgan fingerprint density at radius 2 is 2.15 bits per heavy atom. The number of thioether (sulfide) groups is 1. The zero-order valence-electron chi connectivity index (χ0n) is 14.5. The van der Waals surface area contributed by atoms with Gasteiger partial charge in [-0.15, -0.1) is 11.8 Å². The molecule has 3 aromatic rings. The van der Waals surface area contributed by atoms with Crippen molar-refractivity contribution in [1.82, 2.24) is 15.1 Å². The topological polar surface area (TPSA) is 46.9 Å². The minimum Gasteiger partial charge on any atom is -0.347 e. The Morgan fingerprint density at radius 3 is 2.96 bits per heavy atom. The molecule has 4 rings (SSSR count). The molecule has 0 fully saturated rings. The number of aryl methyl sites for hydroxylation is 2. The average Bonchev–Trinajstić information content (AvgIpc) is 2.97. The summed E-state index contributed by atoms with van der Waals surface area (Å²) in [5, 5.41) is 8.14. The van der Waals surface area contributed by atoms with Gasteiger partial charge in [-0.3, -0.25) is 9.48 Å². The molecule has 0 saturated carbocycles. The van der Waals surface area contributed by atoms with E-state index in [0.29, 0.717) is 17.3 Å². The number of hydrogen-bond donors (Lipinski definition) is 1. The Morgan fingerprint density at radius 1 is 1.31 bits per heavy atom. The summed E-state index contributed by atoms with van der Waals surface area (Å²) in [6.45, 7) is 2.50. The highest BCUT2D eigenvalue weighted by Gasteiger charge is 2.27. The summed E-state index contributed by atoms with van der Waals surface area (Å²) in [5.74, 6) is 0.595. The van der Waals surface area contributed by atoms with E-state index in [1.807, 2.05) is 36.0 Å². The van der Waals surface area contributed by atoms with Gasteiger partial charge >= 0.3 is 0 Å². The first-order chi connectivity index (χ1) is 12.5. The molecule has 2 aromatic carbocycles. The van der Waals surface area contributed by atoms with Crippen molar-refractivity contribution in [2.75, 3.05) is 0 Å². The van der Waals surface area contributed by atoms with Gasteiger partial charge < -0.3 is 5.32 Å². The Kier molecular flexibility index (Phi) is 4.51. The van der Waals surface area contributed by atoms with Crippen molar-refractivity contribution >= 4 is 29.3 Å². The number of nitrogens with zero attached hydrogens (tertiary/aromatic N) is 2. The van der Waals surface area contributed by atoms with E-state index in [2.05, 4.69) is 35.5 Å². The molecule has 1 aliphatic heterocycles. The summed E-state index contributed by atoms with van der Waals surface area (Å²) in [7, 11) is 1.90. The van der Waals surface area contributed by atoms with Gasteiger partial charge in [0.15, 0.2) is 5.69 Å². The number of hydrogen-bond acceptors (Lipinski definition) is 3. The molecule has 0 radical (unpaired) electrons. The first kappa shape index (κ1) is 17.2. The van der Waals surface area contributed by atoms with E-state index in [1.54, 1.807) is 11.8 Å². The second-order valence-electron chi connectivity index (χ2n) is 6.40. The second-order valence-corrected chi connectivity index (χ2v) is 7.85. The lowest BCUT2D eigenvalue weighted by Gasteiger charge is -2.17. The van der Waals surface area contributed by atoms with Crippen LogP contribution >= 0.6 is 23.4 Å². The lowest BCUT2D eigenvalue weighted by molar-refractivity contribution is 0.0944. The van der Waals surface area contributed by atoms with Gasteiger partial charge in [0, 0.05) is 40.4 Å². The van der Waals surface area contributed by atoms with E-state index in [4.69, 9.17) is 11.6 Å². The van der Waals surface area contributed by atoms with Crippen molar-refractivity contribution in [2.24, 2.45) is 7.05 Å². The first-order valence-corrected chi connectivity index (χ1v) is 9.71. The summed E-state index contributed by atoms with van der Waals surface area (Å²) < 4.78 is 1.82. The van der Waals surface area contributed by atoms with Crippen LogP contribution in [0.2, 0.25) is 5.02 Å².